The summed E-state index contributed by atoms with van der Waals surface area (Å²) in [5.74, 6) is 0. The van der Waals surface area contributed by atoms with Gasteiger partial charge < -0.3 is 4.98 Å². The molecular weight excluding hydrogens is 133 g/mol. The van der Waals surface area contributed by atoms with Gasteiger partial charge in [-0.1, -0.05) is 11.5 Å². The molecule has 0 amide bonds. The lowest BCUT2D eigenvalue weighted by Gasteiger charge is -2.00. The van der Waals surface area contributed by atoms with Gasteiger partial charge in [0.25, 0.3) is 0 Å². The van der Waals surface area contributed by atoms with Gasteiger partial charge in [-0.05, 0) is 24.6 Å². The molecule has 52 valence electrons. The predicted molar refractivity (Wildman–Crippen MR) is 48.4 cm³/mol. The van der Waals surface area contributed by atoms with Crippen molar-refractivity contribution < 1.29 is 0 Å². The standard InChI is InChI=1S/C9H8BN/c1-6-7-4-5-11-9(7)3-2-8(6)10/h2-5,11H,1H3. The van der Waals surface area contributed by atoms with Gasteiger partial charge in [0.1, 0.15) is 7.85 Å². The van der Waals surface area contributed by atoms with Crippen LogP contribution >= 0.6 is 0 Å². The third kappa shape index (κ3) is 0.863. The van der Waals surface area contributed by atoms with E-state index in [1.54, 1.807) is 0 Å². The SMILES string of the molecule is [B]c1ccc2[nH]ccc2c1C. The zero-order valence-electron chi connectivity index (χ0n) is 6.39. The molecule has 0 unspecified atom stereocenters. The molecule has 1 aromatic carbocycles. The van der Waals surface area contributed by atoms with Crippen LogP contribution in [0.4, 0.5) is 0 Å². The molecule has 2 rings (SSSR count). The second kappa shape index (κ2) is 2.16. The quantitative estimate of drug-likeness (QED) is 0.531. The van der Waals surface area contributed by atoms with E-state index >= 15 is 0 Å². The van der Waals surface area contributed by atoms with Crippen molar-refractivity contribution in [1.29, 1.82) is 0 Å². The van der Waals surface area contributed by atoms with Crippen LogP contribution < -0.4 is 5.46 Å². The number of benzene rings is 1. The molecule has 1 nitrogen and oxygen atoms in total. The van der Waals surface area contributed by atoms with E-state index in [2.05, 4.69) is 4.98 Å². The molecule has 0 fully saturated rings. The van der Waals surface area contributed by atoms with E-state index in [0.29, 0.717) is 0 Å². The molecule has 0 aliphatic carbocycles. The number of aryl methyl sites for hydroxylation is 1. The Balaban J connectivity index is 2.93. The van der Waals surface area contributed by atoms with Gasteiger partial charge in [0.05, 0.1) is 0 Å². The van der Waals surface area contributed by atoms with Crippen LogP contribution in [0.5, 0.6) is 0 Å². The number of aromatic nitrogens is 1. The molecule has 0 spiro atoms. The van der Waals surface area contributed by atoms with Gasteiger partial charge in [-0.2, -0.15) is 0 Å². The number of nitrogens with one attached hydrogen (secondary N) is 1. The van der Waals surface area contributed by atoms with Gasteiger partial charge in [-0.15, -0.1) is 0 Å². The first-order valence-electron chi connectivity index (χ1n) is 3.61. The van der Waals surface area contributed by atoms with Crippen molar-refractivity contribution in [3.05, 3.63) is 30.0 Å². The van der Waals surface area contributed by atoms with E-state index < -0.39 is 0 Å². The molecule has 2 radical (unpaired) electrons. The Labute approximate surface area is 66.8 Å². The van der Waals surface area contributed by atoms with E-state index in [0.717, 1.165) is 16.5 Å². The molecule has 0 saturated carbocycles. The maximum absolute atomic E-state index is 5.73. The zero-order valence-corrected chi connectivity index (χ0v) is 6.39. The lowest BCUT2D eigenvalue weighted by Crippen LogP contribution is -2.05. The molecule has 0 aliphatic rings. The smallest absolute Gasteiger partial charge is 0.114 e. The minimum atomic E-state index is 0.858. The highest BCUT2D eigenvalue weighted by Gasteiger charge is 1.98. The molecule has 2 aromatic rings. The number of hydrogen-bond donors (Lipinski definition) is 1. The fourth-order valence-electron chi connectivity index (χ4n) is 1.30. The normalized spacial score (nSPS) is 10.6. The highest BCUT2D eigenvalue weighted by Crippen LogP contribution is 2.13. The first-order chi connectivity index (χ1) is 5.29. The molecule has 0 bridgehead atoms. The summed E-state index contributed by atoms with van der Waals surface area (Å²) in [6, 6.07) is 5.97. The van der Waals surface area contributed by atoms with Crippen LogP contribution in [0.3, 0.4) is 0 Å². The Hall–Kier alpha value is -1.18. The molecule has 2 heteroatoms. The van der Waals surface area contributed by atoms with Gasteiger partial charge in [-0.3, -0.25) is 0 Å². The Kier molecular flexibility index (Phi) is 1.28. The maximum Gasteiger partial charge on any atom is 0.114 e. The molecule has 0 aliphatic heterocycles. The molecule has 1 aromatic heterocycles. The van der Waals surface area contributed by atoms with Crippen LogP contribution in [0.2, 0.25) is 0 Å². The highest BCUT2D eigenvalue weighted by molar-refractivity contribution is 6.34. The molecule has 1 heterocycles. The van der Waals surface area contributed by atoms with Crippen LogP contribution in [0.15, 0.2) is 24.4 Å². The molecule has 11 heavy (non-hydrogen) atoms. The van der Waals surface area contributed by atoms with E-state index in [1.807, 2.05) is 31.3 Å². The summed E-state index contributed by atoms with van der Waals surface area (Å²) in [5.41, 5.74) is 3.16. The lowest BCUT2D eigenvalue weighted by molar-refractivity contribution is 1.47. The Morgan fingerprint density at radius 1 is 1.27 bits per heavy atom. The summed E-state index contributed by atoms with van der Waals surface area (Å²) in [6.07, 6.45) is 1.93. The van der Waals surface area contributed by atoms with Crippen molar-refractivity contribution in [2.24, 2.45) is 0 Å². The van der Waals surface area contributed by atoms with Crippen LogP contribution in [0.25, 0.3) is 10.9 Å². The lowest BCUT2D eigenvalue weighted by atomic mass is 9.89. The monoisotopic (exact) mass is 141 g/mol. The highest BCUT2D eigenvalue weighted by atomic mass is 14.7. The second-order valence-corrected chi connectivity index (χ2v) is 2.72. The first-order valence-corrected chi connectivity index (χ1v) is 3.61. The van der Waals surface area contributed by atoms with E-state index in [9.17, 15) is 0 Å². The number of H-pyrrole nitrogens is 1. The van der Waals surface area contributed by atoms with Gasteiger partial charge in [0.15, 0.2) is 0 Å². The summed E-state index contributed by atoms with van der Waals surface area (Å²) < 4.78 is 0. The fourth-order valence-corrected chi connectivity index (χ4v) is 1.30. The van der Waals surface area contributed by atoms with Crippen molar-refractivity contribution >= 4 is 24.2 Å². The largest absolute Gasteiger partial charge is 0.361 e. The number of rotatable bonds is 0. The van der Waals surface area contributed by atoms with Crippen LogP contribution in [0.1, 0.15) is 5.56 Å². The Morgan fingerprint density at radius 3 is 2.91 bits per heavy atom. The second-order valence-electron chi connectivity index (χ2n) is 2.72. The average molecular weight is 141 g/mol. The minimum Gasteiger partial charge on any atom is -0.361 e. The van der Waals surface area contributed by atoms with Crippen molar-refractivity contribution in [1.82, 2.24) is 4.98 Å². The molecule has 1 N–H and O–H groups in total. The number of hydrogen-bond acceptors (Lipinski definition) is 0. The number of fused-ring (bicyclic) bond motifs is 1. The first kappa shape index (κ1) is 6.53. The molecule has 0 atom stereocenters. The van der Waals surface area contributed by atoms with Crippen LogP contribution in [-0.2, 0) is 0 Å². The van der Waals surface area contributed by atoms with Crippen molar-refractivity contribution in [3.8, 4) is 0 Å². The third-order valence-corrected chi connectivity index (χ3v) is 2.05. The summed E-state index contributed by atoms with van der Waals surface area (Å²) in [5, 5.41) is 1.21. The van der Waals surface area contributed by atoms with Gasteiger partial charge in [0, 0.05) is 17.1 Å². The summed E-state index contributed by atoms with van der Waals surface area (Å²) >= 11 is 0. The van der Waals surface area contributed by atoms with Crippen LogP contribution in [0, 0.1) is 6.92 Å². The Morgan fingerprint density at radius 2 is 2.09 bits per heavy atom. The third-order valence-electron chi connectivity index (χ3n) is 2.05. The average Bonchev–Trinajstić information content (AvgIpc) is 2.45. The van der Waals surface area contributed by atoms with Crippen molar-refractivity contribution in [3.63, 3.8) is 0 Å². The zero-order chi connectivity index (χ0) is 7.84. The van der Waals surface area contributed by atoms with E-state index in [-0.39, 0.29) is 0 Å². The number of aromatic amines is 1. The predicted octanol–water partition coefficient (Wildman–Crippen LogP) is 1.27. The fraction of sp³-hybridized carbons (Fsp3) is 0.111. The van der Waals surface area contributed by atoms with Gasteiger partial charge in [0.2, 0.25) is 0 Å². The van der Waals surface area contributed by atoms with Crippen molar-refractivity contribution in [2.45, 2.75) is 6.92 Å². The van der Waals surface area contributed by atoms with E-state index in [4.69, 9.17) is 7.85 Å². The van der Waals surface area contributed by atoms with Crippen molar-refractivity contribution in [2.75, 3.05) is 0 Å². The summed E-state index contributed by atoms with van der Waals surface area (Å²) in [4.78, 5) is 3.13. The van der Waals surface area contributed by atoms with Gasteiger partial charge in [-0.25, -0.2) is 0 Å². The molecular formula is C9H8BN. The topological polar surface area (TPSA) is 15.8 Å². The van der Waals surface area contributed by atoms with Gasteiger partial charge >= 0.3 is 0 Å². The maximum atomic E-state index is 5.73. The summed E-state index contributed by atoms with van der Waals surface area (Å²) in [6.45, 7) is 2.03. The Bertz CT molecular complexity index is 389. The molecule has 0 saturated heterocycles. The minimum absolute atomic E-state index is 0.858. The summed E-state index contributed by atoms with van der Waals surface area (Å²) in [7, 11) is 5.73. The van der Waals surface area contributed by atoms with E-state index in [1.165, 1.54) is 5.39 Å². The van der Waals surface area contributed by atoms with Crippen LogP contribution in [-0.4, -0.2) is 12.8 Å².